The first-order valence-electron chi connectivity index (χ1n) is 3.85. The number of benzene rings is 1. The molecule has 0 saturated carbocycles. The van der Waals surface area contributed by atoms with Gasteiger partial charge in [-0.25, -0.2) is 0 Å². The maximum Gasteiger partial charge on any atom is 0.0318 e. The quantitative estimate of drug-likeness (QED) is 0.552. The predicted molar refractivity (Wildman–Crippen MR) is 55.4 cm³/mol. The molecule has 0 unspecified atom stereocenters. The highest BCUT2D eigenvalue weighted by Crippen LogP contribution is 2.22. The molecule has 0 aliphatic heterocycles. The Morgan fingerprint density at radius 1 is 1.50 bits per heavy atom. The van der Waals surface area contributed by atoms with Crippen molar-refractivity contribution >= 4 is 17.4 Å². The van der Waals surface area contributed by atoms with Gasteiger partial charge in [0.1, 0.15) is 0 Å². The third kappa shape index (κ3) is 2.16. The molecule has 0 atom stereocenters. The van der Waals surface area contributed by atoms with E-state index in [1.165, 1.54) is 10.5 Å². The molecule has 0 spiro atoms. The van der Waals surface area contributed by atoms with E-state index in [9.17, 15) is 0 Å². The molecule has 0 heterocycles. The summed E-state index contributed by atoms with van der Waals surface area (Å²) in [7, 11) is 1.94. The smallest absolute Gasteiger partial charge is 0.0318 e. The number of nitrogen functional groups attached to an aromatic ring is 1. The van der Waals surface area contributed by atoms with Crippen molar-refractivity contribution in [3.8, 4) is 0 Å². The average molecular weight is 182 g/mol. The van der Waals surface area contributed by atoms with Gasteiger partial charge in [-0.05, 0) is 37.1 Å². The van der Waals surface area contributed by atoms with Crippen molar-refractivity contribution in [1.82, 2.24) is 5.32 Å². The van der Waals surface area contributed by atoms with Gasteiger partial charge < -0.3 is 11.1 Å². The number of rotatable bonds is 3. The van der Waals surface area contributed by atoms with Crippen LogP contribution in [0.3, 0.4) is 0 Å². The van der Waals surface area contributed by atoms with Gasteiger partial charge in [0.25, 0.3) is 0 Å². The lowest BCUT2D eigenvalue weighted by atomic mass is 10.2. The largest absolute Gasteiger partial charge is 0.399 e. The highest BCUT2D eigenvalue weighted by molar-refractivity contribution is 7.98. The number of hydrogen-bond acceptors (Lipinski definition) is 3. The number of hydrogen-bond donors (Lipinski definition) is 2. The number of anilines is 1. The van der Waals surface area contributed by atoms with E-state index in [-0.39, 0.29) is 0 Å². The minimum absolute atomic E-state index is 0.832. The zero-order valence-electron chi connectivity index (χ0n) is 7.42. The molecule has 1 aromatic carbocycles. The van der Waals surface area contributed by atoms with E-state index in [1.807, 2.05) is 19.2 Å². The first-order chi connectivity index (χ1) is 5.77. The molecule has 12 heavy (non-hydrogen) atoms. The van der Waals surface area contributed by atoms with Crippen LogP contribution in [0.5, 0.6) is 0 Å². The van der Waals surface area contributed by atoms with Gasteiger partial charge in [-0.2, -0.15) is 0 Å². The molecule has 0 aliphatic carbocycles. The zero-order chi connectivity index (χ0) is 8.97. The van der Waals surface area contributed by atoms with Crippen molar-refractivity contribution in [2.24, 2.45) is 0 Å². The summed E-state index contributed by atoms with van der Waals surface area (Å²) >= 11 is 1.75. The molecule has 1 aromatic rings. The summed E-state index contributed by atoms with van der Waals surface area (Å²) in [6.45, 7) is 0.876. The van der Waals surface area contributed by atoms with Crippen molar-refractivity contribution in [2.75, 3.05) is 19.0 Å². The van der Waals surface area contributed by atoms with Gasteiger partial charge in [0.15, 0.2) is 0 Å². The Bertz CT molecular complexity index is 261. The lowest BCUT2D eigenvalue weighted by Crippen LogP contribution is -2.06. The molecule has 66 valence electrons. The third-order valence-corrected chi connectivity index (χ3v) is 2.51. The van der Waals surface area contributed by atoms with E-state index in [0.29, 0.717) is 0 Å². The fraction of sp³-hybridized carbons (Fsp3) is 0.333. The minimum atomic E-state index is 0.832. The van der Waals surface area contributed by atoms with Crippen LogP contribution in [0.1, 0.15) is 5.56 Å². The van der Waals surface area contributed by atoms with Crippen LogP contribution in [0, 0.1) is 0 Å². The van der Waals surface area contributed by atoms with Crippen molar-refractivity contribution in [2.45, 2.75) is 11.4 Å². The summed E-state index contributed by atoms with van der Waals surface area (Å²) in [6.07, 6.45) is 2.07. The maximum absolute atomic E-state index is 5.68. The van der Waals surface area contributed by atoms with Crippen LogP contribution in [0.15, 0.2) is 23.1 Å². The second-order valence-electron chi connectivity index (χ2n) is 2.60. The van der Waals surface area contributed by atoms with Crippen LogP contribution in [0.4, 0.5) is 5.69 Å². The first kappa shape index (κ1) is 9.42. The van der Waals surface area contributed by atoms with Crippen molar-refractivity contribution in [3.05, 3.63) is 23.8 Å². The van der Waals surface area contributed by atoms with E-state index in [2.05, 4.69) is 17.6 Å². The van der Waals surface area contributed by atoms with Crippen molar-refractivity contribution in [3.63, 3.8) is 0 Å². The van der Waals surface area contributed by atoms with Gasteiger partial charge in [-0.3, -0.25) is 0 Å². The Labute approximate surface area is 77.5 Å². The summed E-state index contributed by atoms with van der Waals surface area (Å²) in [5.74, 6) is 0. The Hall–Kier alpha value is -0.670. The fourth-order valence-electron chi connectivity index (χ4n) is 1.13. The number of thioether (sulfide) groups is 1. The van der Waals surface area contributed by atoms with E-state index in [1.54, 1.807) is 11.8 Å². The molecule has 1 rings (SSSR count). The monoisotopic (exact) mass is 182 g/mol. The van der Waals surface area contributed by atoms with E-state index >= 15 is 0 Å². The van der Waals surface area contributed by atoms with Crippen LogP contribution < -0.4 is 11.1 Å². The van der Waals surface area contributed by atoms with Crippen molar-refractivity contribution in [1.29, 1.82) is 0 Å². The van der Waals surface area contributed by atoms with Crippen LogP contribution in [-0.2, 0) is 6.54 Å². The lowest BCUT2D eigenvalue weighted by molar-refractivity contribution is 0.804. The SMILES string of the molecule is CNCc1cc(N)ccc1SC. The highest BCUT2D eigenvalue weighted by atomic mass is 32.2. The summed E-state index contributed by atoms with van der Waals surface area (Å²) in [6, 6.07) is 6.01. The van der Waals surface area contributed by atoms with Gasteiger partial charge in [0.05, 0.1) is 0 Å². The van der Waals surface area contributed by atoms with Gasteiger partial charge in [0.2, 0.25) is 0 Å². The predicted octanol–water partition coefficient (Wildman–Crippen LogP) is 1.71. The molecule has 3 heteroatoms. The molecular formula is C9H14N2S. The van der Waals surface area contributed by atoms with Crippen LogP contribution in [0.2, 0.25) is 0 Å². The minimum Gasteiger partial charge on any atom is -0.399 e. The molecule has 3 N–H and O–H groups in total. The zero-order valence-corrected chi connectivity index (χ0v) is 8.24. The molecule has 0 fully saturated rings. The van der Waals surface area contributed by atoms with E-state index < -0.39 is 0 Å². The summed E-state index contributed by atoms with van der Waals surface area (Å²) < 4.78 is 0. The fourth-order valence-corrected chi connectivity index (χ4v) is 1.72. The number of nitrogens with two attached hydrogens (primary N) is 1. The Morgan fingerprint density at radius 2 is 2.25 bits per heavy atom. The molecular weight excluding hydrogens is 168 g/mol. The maximum atomic E-state index is 5.68. The highest BCUT2D eigenvalue weighted by Gasteiger charge is 1.99. The van der Waals surface area contributed by atoms with Gasteiger partial charge in [-0.15, -0.1) is 11.8 Å². The Morgan fingerprint density at radius 3 is 2.83 bits per heavy atom. The van der Waals surface area contributed by atoms with E-state index in [4.69, 9.17) is 5.73 Å². The molecule has 0 amide bonds. The molecule has 0 radical (unpaired) electrons. The molecule has 0 aliphatic rings. The second kappa shape index (κ2) is 4.38. The van der Waals surface area contributed by atoms with Crippen molar-refractivity contribution < 1.29 is 0 Å². The second-order valence-corrected chi connectivity index (χ2v) is 3.45. The topological polar surface area (TPSA) is 38.0 Å². The summed E-state index contributed by atoms with van der Waals surface area (Å²) in [5.41, 5.74) is 7.78. The van der Waals surface area contributed by atoms with Gasteiger partial charge >= 0.3 is 0 Å². The Kier molecular flexibility index (Phi) is 3.44. The van der Waals surface area contributed by atoms with Gasteiger partial charge in [0, 0.05) is 17.1 Å². The third-order valence-electron chi connectivity index (χ3n) is 1.67. The lowest BCUT2D eigenvalue weighted by Gasteiger charge is -2.07. The molecule has 0 saturated heterocycles. The summed E-state index contributed by atoms with van der Waals surface area (Å²) in [5, 5.41) is 3.12. The van der Waals surface area contributed by atoms with Gasteiger partial charge in [-0.1, -0.05) is 0 Å². The van der Waals surface area contributed by atoms with Crippen LogP contribution >= 0.6 is 11.8 Å². The standard InChI is InChI=1S/C9H14N2S/c1-11-6-7-5-8(10)3-4-9(7)12-2/h3-5,11H,6,10H2,1-2H3. The number of nitrogens with one attached hydrogen (secondary N) is 1. The van der Waals surface area contributed by atoms with Crippen LogP contribution in [-0.4, -0.2) is 13.3 Å². The summed E-state index contributed by atoms with van der Waals surface area (Å²) in [4.78, 5) is 1.29. The normalized spacial score (nSPS) is 10.2. The average Bonchev–Trinajstić information content (AvgIpc) is 2.05. The van der Waals surface area contributed by atoms with Crippen LogP contribution in [0.25, 0.3) is 0 Å². The first-order valence-corrected chi connectivity index (χ1v) is 5.07. The molecule has 0 bridgehead atoms. The van der Waals surface area contributed by atoms with E-state index in [0.717, 1.165) is 12.2 Å². The Balaban J connectivity index is 2.95. The molecule has 0 aromatic heterocycles. The molecule has 2 nitrogen and oxygen atoms in total.